The Morgan fingerprint density at radius 1 is 0.756 bits per heavy atom. The SMILES string of the molecule is CCCC.CCCCC(C)CC.CCCOc1ccc(Oc2c(-c3ccc(OC)cc3)sc3cc(O)ccc23)cc1. The van der Waals surface area contributed by atoms with Crippen LogP contribution >= 0.6 is 11.3 Å². The van der Waals surface area contributed by atoms with Crippen LogP contribution in [-0.2, 0) is 0 Å². The molecule has 4 nitrogen and oxygen atoms in total. The van der Waals surface area contributed by atoms with Gasteiger partial charge < -0.3 is 19.3 Å². The van der Waals surface area contributed by atoms with E-state index in [0.717, 1.165) is 55.9 Å². The Bertz CT molecular complexity index is 1240. The first kappa shape index (κ1) is 34.0. The lowest BCUT2D eigenvalue weighted by molar-refractivity contribution is 0.317. The van der Waals surface area contributed by atoms with E-state index in [4.69, 9.17) is 14.2 Å². The van der Waals surface area contributed by atoms with E-state index in [1.807, 2.05) is 54.6 Å². The molecular weight excluding hydrogens is 528 g/mol. The molecule has 0 radical (unpaired) electrons. The van der Waals surface area contributed by atoms with Crippen molar-refractivity contribution in [3.8, 4) is 39.2 Å². The summed E-state index contributed by atoms with van der Waals surface area (Å²) in [5.41, 5.74) is 1.03. The Hall–Kier alpha value is -3.18. The van der Waals surface area contributed by atoms with Gasteiger partial charge in [-0.15, -0.1) is 11.3 Å². The van der Waals surface area contributed by atoms with E-state index in [1.54, 1.807) is 30.6 Å². The number of hydrogen-bond donors (Lipinski definition) is 1. The van der Waals surface area contributed by atoms with Crippen molar-refractivity contribution in [2.45, 2.75) is 86.5 Å². The highest BCUT2D eigenvalue weighted by Gasteiger charge is 2.17. The van der Waals surface area contributed by atoms with Crippen LogP contribution in [-0.4, -0.2) is 18.8 Å². The van der Waals surface area contributed by atoms with Crippen molar-refractivity contribution in [1.29, 1.82) is 0 Å². The van der Waals surface area contributed by atoms with Gasteiger partial charge in [0.2, 0.25) is 0 Å². The van der Waals surface area contributed by atoms with E-state index in [-0.39, 0.29) is 5.75 Å². The number of rotatable bonds is 12. The number of ether oxygens (including phenoxy) is 3. The van der Waals surface area contributed by atoms with E-state index in [2.05, 4.69) is 41.5 Å². The Balaban J connectivity index is 0.000000414. The normalized spacial score (nSPS) is 11.1. The largest absolute Gasteiger partial charge is 0.508 e. The average molecular weight is 579 g/mol. The molecule has 0 aliphatic carbocycles. The van der Waals surface area contributed by atoms with Gasteiger partial charge in [0, 0.05) is 10.1 Å². The first-order valence-electron chi connectivity index (χ1n) is 15.2. The Labute approximate surface area is 252 Å². The van der Waals surface area contributed by atoms with E-state index in [0.29, 0.717) is 6.61 Å². The summed E-state index contributed by atoms with van der Waals surface area (Å²) in [7, 11) is 1.65. The van der Waals surface area contributed by atoms with Crippen LogP contribution in [0.4, 0.5) is 0 Å². The third-order valence-electron chi connectivity index (χ3n) is 6.74. The van der Waals surface area contributed by atoms with Gasteiger partial charge >= 0.3 is 0 Å². The van der Waals surface area contributed by atoms with E-state index in [1.165, 1.54) is 38.5 Å². The maximum Gasteiger partial charge on any atom is 0.153 e. The van der Waals surface area contributed by atoms with Crippen molar-refractivity contribution in [2.75, 3.05) is 13.7 Å². The molecule has 0 aliphatic heterocycles. The van der Waals surface area contributed by atoms with Gasteiger partial charge in [-0.1, -0.05) is 80.1 Å². The smallest absolute Gasteiger partial charge is 0.153 e. The Kier molecular flexibility index (Phi) is 15.8. The molecule has 4 rings (SSSR count). The minimum atomic E-state index is 0.240. The molecule has 1 unspecified atom stereocenters. The first-order chi connectivity index (χ1) is 19.9. The molecule has 0 saturated carbocycles. The fraction of sp³-hybridized carbons (Fsp3) is 0.444. The maximum absolute atomic E-state index is 9.90. The van der Waals surface area contributed by atoms with Crippen LogP contribution < -0.4 is 14.2 Å². The zero-order chi connectivity index (χ0) is 30.0. The second kappa shape index (κ2) is 19.0. The second-order valence-corrected chi connectivity index (χ2v) is 11.3. The van der Waals surface area contributed by atoms with Crippen molar-refractivity contribution < 1.29 is 19.3 Å². The summed E-state index contributed by atoms with van der Waals surface area (Å²) in [6, 6.07) is 20.9. The quantitative estimate of drug-likeness (QED) is 0.182. The molecule has 3 aromatic carbocycles. The van der Waals surface area contributed by atoms with Gasteiger partial charge in [0.1, 0.15) is 23.0 Å². The molecule has 5 heteroatoms. The third-order valence-corrected chi connectivity index (χ3v) is 7.93. The lowest BCUT2D eigenvalue weighted by atomic mass is 10.0. The number of fused-ring (bicyclic) bond motifs is 1. The predicted molar refractivity (Wildman–Crippen MR) is 177 cm³/mol. The van der Waals surface area contributed by atoms with E-state index < -0.39 is 0 Å². The Morgan fingerprint density at radius 3 is 1.95 bits per heavy atom. The number of hydrogen-bond acceptors (Lipinski definition) is 5. The van der Waals surface area contributed by atoms with Crippen LogP contribution in [0.25, 0.3) is 20.5 Å². The average Bonchev–Trinajstić information content (AvgIpc) is 3.36. The molecule has 0 fully saturated rings. The topological polar surface area (TPSA) is 47.9 Å². The summed E-state index contributed by atoms with van der Waals surface area (Å²) in [5, 5.41) is 10.9. The Morgan fingerprint density at radius 2 is 1.39 bits per heavy atom. The molecule has 0 amide bonds. The van der Waals surface area contributed by atoms with Gasteiger partial charge in [0.05, 0.1) is 18.6 Å². The standard InChI is InChI=1S/C24H22O4S.C8H18.C4H10/c1-3-14-27-19-9-11-20(12-10-19)28-23-21-13-6-17(25)15-22(21)29-24(23)16-4-7-18(26-2)8-5-16;1-4-6-7-8(3)5-2;1-3-4-2/h4-13,15,25H,3,14H2,1-2H3;8H,4-7H2,1-3H3;3-4H2,1-2H3. The molecule has 1 aromatic heterocycles. The number of unbranched alkanes of at least 4 members (excludes halogenated alkanes) is 2. The minimum absolute atomic E-state index is 0.240. The highest BCUT2D eigenvalue weighted by atomic mass is 32.1. The number of aromatic hydroxyl groups is 1. The van der Waals surface area contributed by atoms with Crippen molar-refractivity contribution in [3.63, 3.8) is 0 Å². The highest BCUT2D eigenvalue weighted by Crippen LogP contribution is 2.47. The van der Waals surface area contributed by atoms with Gasteiger partial charge in [-0.25, -0.2) is 0 Å². The summed E-state index contributed by atoms with van der Waals surface area (Å²) in [6.45, 7) is 14.0. The zero-order valence-corrected chi connectivity index (χ0v) is 27.0. The van der Waals surface area contributed by atoms with Crippen LogP contribution in [0.3, 0.4) is 0 Å². The monoisotopic (exact) mass is 578 g/mol. The molecule has 0 spiro atoms. The van der Waals surface area contributed by atoms with Crippen LogP contribution in [0.1, 0.15) is 86.5 Å². The number of methoxy groups -OCH3 is 1. The van der Waals surface area contributed by atoms with Gasteiger partial charge in [0.15, 0.2) is 5.75 Å². The number of thiophene rings is 1. The van der Waals surface area contributed by atoms with Crippen molar-refractivity contribution >= 4 is 21.4 Å². The fourth-order valence-corrected chi connectivity index (χ4v) is 4.96. The maximum atomic E-state index is 9.90. The molecule has 1 N–H and O–H groups in total. The summed E-state index contributed by atoms with van der Waals surface area (Å²) in [4.78, 5) is 1.000. The lowest BCUT2D eigenvalue weighted by Crippen LogP contribution is -1.94. The van der Waals surface area contributed by atoms with Crippen LogP contribution in [0.5, 0.6) is 28.7 Å². The second-order valence-electron chi connectivity index (χ2n) is 10.2. The van der Waals surface area contributed by atoms with Gasteiger partial charge in [-0.2, -0.15) is 0 Å². The van der Waals surface area contributed by atoms with Crippen molar-refractivity contribution in [1.82, 2.24) is 0 Å². The van der Waals surface area contributed by atoms with Gasteiger partial charge in [-0.05, 0) is 84.6 Å². The molecule has 41 heavy (non-hydrogen) atoms. The zero-order valence-electron chi connectivity index (χ0n) is 26.2. The predicted octanol–water partition coefficient (Wildman–Crippen LogP) is 11.9. The number of phenols is 1. The fourth-order valence-electron chi connectivity index (χ4n) is 3.79. The molecule has 224 valence electrons. The molecular formula is C36H50O4S. The summed E-state index contributed by atoms with van der Waals surface area (Å²) in [6.07, 6.45) is 9.14. The molecule has 4 aromatic rings. The van der Waals surface area contributed by atoms with Crippen LogP contribution in [0.15, 0.2) is 66.7 Å². The molecule has 1 heterocycles. The molecule has 0 saturated heterocycles. The van der Waals surface area contributed by atoms with Gasteiger partial charge in [0.25, 0.3) is 0 Å². The summed E-state index contributed by atoms with van der Waals surface area (Å²) >= 11 is 1.59. The van der Waals surface area contributed by atoms with E-state index >= 15 is 0 Å². The first-order valence-corrected chi connectivity index (χ1v) is 16.0. The summed E-state index contributed by atoms with van der Waals surface area (Å²) < 4.78 is 18.2. The van der Waals surface area contributed by atoms with Crippen molar-refractivity contribution in [2.24, 2.45) is 5.92 Å². The molecule has 0 aliphatic rings. The highest BCUT2D eigenvalue weighted by molar-refractivity contribution is 7.22. The van der Waals surface area contributed by atoms with E-state index in [9.17, 15) is 5.11 Å². The van der Waals surface area contributed by atoms with Crippen LogP contribution in [0.2, 0.25) is 0 Å². The van der Waals surface area contributed by atoms with Crippen molar-refractivity contribution in [3.05, 3.63) is 66.7 Å². The number of benzene rings is 3. The molecule has 0 bridgehead atoms. The van der Waals surface area contributed by atoms with Gasteiger partial charge in [-0.3, -0.25) is 0 Å². The van der Waals surface area contributed by atoms with Crippen LogP contribution in [0, 0.1) is 5.92 Å². The summed E-state index contributed by atoms with van der Waals surface area (Å²) in [5.74, 6) is 4.33. The number of phenolic OH excluding ortho intramolecular Hbond substituents is 1. The minimum Gasteiger partial charge on any atom is -0.508 e. The molecule has 1 atom stereocenters. The third kappa shape index (κ3) is 11.3. The lowest BCUT2D eigenvalue weighted by Gasteiger charge is -2.10.